The van der Waals surface area contributed by atoms with Crippen LogP contribution in [0.3, 0.4) is 0 Å². The summed E-state index contributed by atoms with van der Waals surface area (Å²) in [7, 11) is -3.88. The van der Waals surface area contributed by atoms with Gasteiger partial charge in [0.05, 0.1) is 5.75 Å². The summed E-state index contributed by atoms with van der Waals surface area (Å²) < 4.78 is 32.1. The maximum Gasteiger partial charge on any atom is 0.332 e. The Labute approximate surface area is 167 Å². The molecule has 0 unspecified atom stereocenters. The molecule has 3 aromatic rings. The van der Waals surface area contributed by atoms with E-state index in [1.807, 2.05) is 0 Å². The molecule has 2 amide bonds. The third-order valence-electron chi connectivity index (χ3n) is 5.63. The summed E-state index contributed by atoms with van der Waals surface area (Å²) in [6, 6.07) is 6.36. The zero-order valence-corrected chi connectivity index (χ0v) is 16.5. The van der Waals surface area contributed by atoms with E-state index in [9.17, 15) is 13.2 Å². The molecule has 0 saturated carbocycles. The van der Waals surface area contributed by atoms with Crippen LogP contribution in [0, 0.1) is 0 Å². The third kappa shape index (κ3) is 3.46. The fraction of sp³-hybridized carbons (Fsp3) is 0.350. The molecule has 9 heteroatoms. The van der Waals surface area contributed by atoms with Crippen LogP contribution in [0.1, 0.15) is 40.7 Å². The second-order valence-electron chi connectivity index (χ2n) is 7.62. The molecule has 2 aliphatic carbocycles. The van der Waals surface area contributed by atoms with Gasteiger partial charge in [0.25, 0.3) is 0 Å². The van der Waals surface area contributed by atoms with Crippen molar-refractivity contribution in [2.45, 2.75) is 44.3 Å². The topological polar surface area (TPSA) is 114 Å². The molecule has 150 valence electrons. The largest absolute Gasteiger partial charge is 0.337 e. The van der Waals surface area contributed by atoms with E-state index in [1.165, 1.54) is 11.1 Å². The van der Waals surface area contributed by atoms with Gasteiger partial charge in [-0.15, -0.1) is 5.10 Å². The van der Waals surface area contributed by atoms with E-state index in [-0.39, 0.29) is 5.75 Å². The second-order valence-corrected chi connectivity index (χ2v) is 9.35. The molecule has 0 fully saturated rings. The predicted octanol–water partition coefficient (Wildman–Crippen LogP) is 2.85. The smallest absolute Gasteiger partial charge is 0.332 e. The Morgan fingerprint density at radius 1 is 1.03 bits per heavy atom. The van der Waals surface area contributed by atoms with Crippen LogP contribution in [-0.2, 0) is 41.5 Å². The highest BCUT2D eigenvalue weighted by molar-refractivity contribution is 7.89. The molecule has 2 N–H and O–H groups in total. The van der Waals surface area contributed by atoms with Crippen molar-refractivity contribution in [2.75, 3.05) is 5.32 Å². The first-order chi connectivity index (χ1) is 14.0. The van der Waals surface area contributed by atoms with Crippen molar-refractivity contribution in [1.29, 1.82) is 0 Å². The molecule has 0 atom stereocenters. The molecule has 0 bridgehead atoms. The number of aromatic nitrogens is 2. The van der Waals surface area contributed by atoms with Crippen molar-refractivity contribution < 1.29 is 17.7 Å². The maximum atomic E-state index is 12.5. The number of benzene rings is 2. The molecule has 2 aromatic carbocycles. The number of urea groups is 1. The lowest BCUT2D eigenvalue weighted by Gasteiger charge is -2.16. The Bertz CT molecular complexity index is 1200. The van der Waals surface area contributed by atoms with Gasteiger partial charge in [0, 0.05) is 11.0 Å². The minimum Gasteiger partial charge on any atom is -0.337 e. The van der Waals surface area contributed by atoms with Gasteiger partial charge < -0.3 is 9.84 Å². The van der Waals surface area contributed by atoms with E-state index in [4.69, 9.17) is 4.52 Å². The Kier molecular flexibility index (Phi) is 4.27. The van der Waals surface area contributed by atoms with Gasteiger partial charge in [-0.1, -0.05) is 12.1 Å². The summed E-state index contributed by atoms with van der Waals surface area (Å²) in [6.45, 7) is 0. The van der Waals surface area contributed by atoms with Crippen molar-refractivity contribution in [1.82, 2.24) is 15.1 Å². The Morgan fingerprint density at radius 3 is 2.48 bits per heavy atom. The SMILES string of the molecule is O=C(Nc1c2c(cc3c1CCC3)CCC2)NS(=O)(=O)Cc1ccc2nnoc2c1. The molecular formula is C20H20N4O4S. The van der Waals surface area contributed by atoms with E-state index >= 15 is 0 Å². The van der Waals surface area contributed by atoms with Crippen molar-refractivity contribution in [3.05, 3.63) is 52.1 Å². The molecule has 0 spiro atoms. The summed E-state index contributed by atoms with van der Waals surface area (Å²) in [5.41, 5.74) is 7.10. The van der Waals surface area contributed by atoms with Gasteiger partial charge in [-0.2, -0.15) is 0 Å². The quantitative estimate of drug-likeness (QED) is 0.681. The number of hydrogen-bond acceptors (Lipinski definition) is 6. The number of carbonyl (C=O) groups is 1. The lowest BCUT2D eigenvalue weighted by Crippen LogP contribution is -2.35. The summed E-state index contributed by atoms with van der Waals surface area (Å²) in [5, 5.41) is 10.0. The summed E-state index contributed by atoms with van der Waals surface area (Å²) in [4.78, 5) is 12.5. The fourth-order valence-electron chi connectivity index (χ4n) is 4.42. The van der Waals surface area contributed by atoms with E-state index < -0.39 is 16.1 Å². The number of sulfonamides is 1. The lowest BCUT2D eigenvalue weighted by atomic mass is 9.99. The number of fused-ring (bicyclic) bond motifs is 3. The minimum atomic E-state index is -3.88. The molecule has 0 aliphatic heterocycles. The lowest BCUT2D eigenvalue weighted by molar-refractivity contribution is 0.256. The monoisotopic (exact) mass is 412 g/mol. The number of nitrogens with one attached hydrogen (secondary N) is 2. The standard InChI is InChI=1S/C20H20N4O4S/c25-20(21-19-15-5-1-3-13(15)10-14-4-2-6-16(14)19)23-29(26,27)11-12-7-8-17-18(9-12)28-24-22-17/h7-10H,1-6,11H2,(H2,21,23,25). The van der Waals surface area contributed by atoms with Crippen molar-refractivity contribution in [3.8, 4) is 0 Å². The third-order valence-corrected chi connectivity index (χ3v) is 6.84. The molecule has 8 nitrogen and oxygen atoms in total. The number of hydrogen-bond donors (Lipinski definition) is 2. The van der Waals surface area contributed by atoms with E-state index in [1.54, 1.807) is 18.2 Å². The molecule has 1 heterocycles. The Balaban J connectivity index is 1.34. The van der Waals surface area contributed by atoms with Gasteiger partial charge in [-0.25, -0.2) is 17.9 Å². The molecule has 0 radical (unpaired) electrons. The van der Waals surface area contributed by atoms with Crippen LogP contribution in [0.15, 0.2) is 28.8 Å². The maximum absolute atomic E-state index is 12.5. The first-order valence-electron chi connectivity index (χ1n) is 9.67. The molecular weight excluding hydrogens is 392 g/mol. The summed E-state index contributed by atoms with van der Waals surface area (Å²) in [6.07, 6.45) is 5.97. The van der Waals surface area contributed by atoms with Crippen LogP contribution in [0.4, 0.5) is 10.5 Å². The van der Waals surface area contributed by atoms with Gasteiger partial charge in [-0.05, 0) is 78.5 Å². The normalized spacial score (nSPS) is 15.3. The summed E-state index contributed by atoms with van der Waals surface area (Å²) >= 11 is 0. The Hall–Kier alpha value is -2.94. The summed E-state index contributed by atoms with van der Waals surface area (Å²) in [5.74, 6) is -0.345. The minimum absolute atomic E-state index is 0.345. The van der Waals surface area contributed by atoms with Crippen LogP contribution >= 0.6 is 0 Å². The van der Waals surface area contributed by atoms with Crippen LogP contribution in [0.2, 0.25) is 0 Å². The highest BCUT2D eigenvalue weighted by Gasteiger charge is 2.26. The number of amides is 2. The van der Waals surface area contributed by atoms with Gasteiger partial charge >= 0.3 is 6.03 Å². The predicted molar refractivity (Wildman–Crippen MR) is 107 cm³/mol. The first-order valence-corrected chi connectivity index (χ1v) is 11.3. The van der Waals surface area contributed by atoms with E-state index in [2.05, 4.69) is 26.5 Å². The highest BCUT2D eigenvalue weighted by atomic mass is 32.2. The molecule has 1 aromatic heterocycles. The van der Waals surface area contributed by atoms with Crippen LogP contribution in [0.25, 0.3) is 11.1 Å². The molecule has 0 saturated heterocycles. The van der Waals surface area contributed by atoms with Crippen LogP contribution in [-0.4, -0.2) is 24.8 Å². The van der Waals surface area contributed by atoms with Crippen LogP contribution in [0.5, 0.6) is 0 Å². The number of rotatable bonds is 4. The second kappa shape index (κ2) is 6.84. The van der Waals surface area contributed by atoms with Gasteiger partial charge in [0.15, 0.2) is 5.58 Å². The van der Waals surface area contributed by atoms with Crippen molar-refractivity contribution in [2.24, 2.45) is 0 Å². The average Bonchev–Trinajstić information content (AvgIpc) is 3.40. The first kappa shape index (κ1) is 18.1. The zero-order chi connectivity index (χ0) is 20.0. The average molecular weight is 412 g/mol. The van der Waals surface area contributed by atoms with Gasteiger partial charge in [0.1, 0.15) is 5.52 Å². The molecule has 29 heavy (non-hydrogen) atoms. The zero-order valence-electron chi connectivity index (χ0n) is 15.7. The molecule has 2 aliphatic rings. The van der Waals surface area contributed by atoms with E-state index in [0.717, 1.165) is 55.3 Å². The van der Waals surface area contributed by atoms with Crippen LogP contribution < -0.4 is 10.0 Å². The van der Waals surface area contributed by atoms with E-state index in [0.29, 0.717) is 16.7 Å². The number of nitrogens with zero attached hydrogens (tertiary/aromatic N) is 2. The highest BCUT2D eigenvalue weighted by Crippen LogP contribution is 2.38. The van der Waals surface area contributed by atoms with Crippen molar-refractivity contribution >= 4 is 32.8 Å². The number of carbonyl (C=O) groups excluding carboxylic acids is 1. The Morgan fingerprint density at radius 2 is 1.76 bits per heavy atom. The van der Waals surface area contributed by atoms with Gasteiger partial charge in [0.2, 0.25) is 10.0 Å². The van der Waals surface area contributed by atoms with Gasteiger partial charge in [-0.3, -0.25) is 0 Å². The number of aryl methyl sites for hydroxylation is 2. The number of anilines is 1. The van der Waals surface area contributed by atoms with Crippen molar-refractivity contribution in [3.63, 3.8) is 0 Å². The molecule has 5 rings (SSSR count). The fourth-order valence-corrected chi connectivity index (χ4v) is 5.44.